The molecule has 28 heavy (non-hydrogen) atoms. The average Bonchev–Trinajstić information content (AvgIpc) is 3.19. The Morgan fingerprint density at radius 2 is 1.86 bits per heavy atom. The molecule has 7 nitrogen and oxygen atoms in total. The van der Waals surface area contributed by atoms with Gasteiger partial charge in [0.25, 0.3) is 5.91 Å². The summed E-state index contributed by atoms with van der Waals surface area (Å²) in [5.74, 6) is -0.295. The molecule has 4 aromatic rings. The summed E-state index contributed by atoms with van der Waals surface area (Å²) in [6.07, 6.45) is 2.54. The molecule has 0 radical (unpaired) electrons. The third kappa shape index (κ3) is 3.96. The quantitative estimate of drug-likeness (QED) is 0.491. The van der Waals surface area contributed by atoms with E-state index in [1.807, 2.05) is 30.3 Å². The zero-order chi connectivity index (χ0) is 19.3. The van der Waals surface area contributed by atoms with E-state index in [2.05, 4.69) is 24.4 Å². The topological polar surface area (TPSA) is 96.9 Å². The van der Waals surface area contributed by atoms with Crippen LogP contribution in [0.1, 0.15) is 23.2 Å². The molecule has 0 saturated carbocycles. The van der Waals surface area contributed by atoms with Gasteiger partial charge in [-0.15, -0.1) is 0 Å². The van der Waals surface area contributed by atoms with Gasteiger partial charge in [0.05, 0.1) is 22.9 Å². The van der Waals surface area contributed by atoms with Crippen molar-refractivity contribution in [2.24, 2.45) is 0 Å². The number of anilines is 1. The van der Waals surface area contributed by atoms with E-state index in [1.54, 1.807) is 24.4 Å². The van der Waals surface area contributed by atoms with E-state index in [4.69, 9.17) is 0 Å². The lowest BCUT2D eigenvalue weighted by atomic mass is 10.1. The molecule has 2 aromatic heterocycles. The molecule has 0 aliphatic rings. The van der Waals surface area contributed by atoms with E-state index < -0.39 is 0 Å². The van der Waals surface area contributed by atoms with Crippen LogP contribution in [-0.4, -0.2) is 32.1 Å². The van der Waals surface area contributed by atoms with Crippen LogP contribution < -0.4 is 10.6 Å². The third-order valence-electron chi connectivity index (χ3n) is 4.29. The summed E-state index contributed by atoms with van der Waals surface area (Å²) in [6, 6.07) is 14.7. The largest absolute Gasteiger partial charge is 0.352 e. The first-order valence-electron chi connectivity index (χ1n) is 8.85. The Hall–Kier alpha value is -3.39. The van der Waals surface area contributed by atoms with Crippen LogP contribution in [0.3, 0.4) is 0 Å². The lowest BCUT2D eigenvalue weighted by Gasteiger charge is -2.08. The van der Waals surface area contributed by atoms with Gasteiger partial charge in [-0.25, -0.2) is 0 Å². The third-order valence-corrected chi connectivity index (χ3v) is 4.85. The van der Waals surface area contributed by atoms with Crippen LogP contribution >= 0.6 is 11.7 Å². The van der Waals surface area contributed by atoms with Crippen LogP contribution in [0.5, 0.6) is 0 Å². The fourth-order valence-electron chi connectivity index (χ4n) is 2.89. The number of rotatable bonds is 6. The fourth-order valence-corrected chi connectivity index (χ4v) is 3.41. The molecular formula is C20H17N5O2S. The molecule has 0 aliphatic heterocycles. The number of benzene rings is 2. The number of hydrogen-bond acceptors (Lipinski definition) is 6. The van der Waals surface area contributed by atoms with Crippen molar-refractivity contribution >= 4 is 51.2 Å². The Morgan fingerprint density at radius 3 is 2.79 bits per heavy atom. The highest BCUT2D eigenvalue weighted by Crippen LogP contribution is 2.20. The highest BCUT2D eigenvalue weighted by atomic mass is 32.1. The second-order valence-electron chi connectivity index (χ2n) is 6.26. The minimum absolute atomic E-state index is 0.109. The number of para-hydroxylation sites is 1. The number of carbonyl (C=O) groups excluding carboxylic acids is 2. The maximum atomic E-state index is 12.2. The first kappa shape index (κ1) is 18.0. The van der Waals surface area contributed by atoms with Gasteiger partial charge >= 0.3 is 0 Å². The molecule has 2 heterocycles. The summed E-state index contributed by atoms with van der Waals surface area (Å²) < 4.78 is 8.25. The fraction of sp³-hybridized carbons (Fsp3) is 0.150. The smallest absolute Gasteiger partial charge is 0.251 e. The molecule has 140 valence electrons. The van der Waals surface area contributed by atoms with Gasteiger partial charge in [-0.1, -0.05) is 18.2 Å². The van der Waals surface area contributed by atoms with Gasteiger partial charge in [0.1, 0.15) is 11.0 Å². The van der Waals surface area contributed by atoms with Crippen molar-refractivity contribution in [2.75, 3.05) is 11.9 Å². The summed E-state index contributed by atoms with van der Waals surface area (Å²) in [6.45, 7) is 0.410. The second kappa shape index (κ2) is 8.10. The van der Waals surface area contributed by atoms with Crippen LogP contribution in [0.4, 0.5) is 5.69 Å². The van der Waals surface area contributed by atoms with Crippen LogP contribution in [-0.2, 0) is 4.79 Å². The maximum absolute atomic E-state index is 12.2. The molecule has 0 bridgehead atoms. The van der Waals surface area contributed by atoms with E-state index in [-0.39, 0.29) is 11.8 Å². The number of aromatic nitrogens is 3. The standard InChI is InChI=1S/C20H17N5O2S/c26-18(23-16-6-1-4-13-5-2-10-21-19(13)16)7-3-11-22-20(27)14-8-9-15-17(12-14)25-28-24-15/h1-2,4-6,8-10,12H,3,7,11H2,(H,22,27)(H,23,26). The van der Waals surface area contributed by atoms with Crippen molar-refractivity contribution in [3.8, 4) is 0 Å². The monoisotopic (exact) mass is 391 g/mol. The lowest BCUT2D eigenvalue weighted by Crippen LogP contribution is -2.25. The molecule has 2 aromatic carbocycles. The zero-order valence-electron chi connectivity index (χ0n) is 14.9. The molecule has 0 spiro atoms. The SMILES string of the molecule is O=C(CCCNC(=O)c1ccc2nsnc2c1)Nc1cccc2cccnc12. The molecule has 0 atom stereocenters. The molecule has 0 aliphatic carbocycles. The summed E-state index contributed by atoms with van der Waals surface area (Å²) >= 11 is 1.12. The van der Waals surface area contributed by atoms with Crippen molar-refractivity contribution in [1.29, 1.82) is 0 Å². The highest BCUT2D eigenvalue weighted by Gasteiger charge is 2.09. The van der Waals surface area contributed by atoms with E-state index >= 15 is 0 Å². The zero-order valence-corrected chi connectivity index (χ0v) is 15.7. The minimum Gasteiger partial charge on any atom is -0.352 e. The normalized spacial score (nSPS) is 10.9. The Morgan fingerprint density at radius 1 is 1.00 bits per heavy atom. The Balaban J connectivity index is 1.27. The lowest BCUT2D eigenvalue weighted by molar-refractivity contribution is -0.116. The average molecular weight is 391 g/mol. The number of carbonyl (C=O) groups is 2. The van der Waals surface area contributed by atoms with Gasteiger partial charge < -0.3 is 10.6 Å². The van der Waals surface area contributed by atoms with Gasteiger partial charge in [0.2, 0.25) is 5.91 Å². The molecule has 2 amide bonds. The summed E-state index contributed by atoms with van der Waals surface area (Å²) in [5, 5.41) is 6.69. The number of fused-ring (bicyclic) bond motifs is 2. The molecule has 8 heteroatoms. The van der Waals surface area contributed by atoms with Crippen LogP contribution in [0.25, 0.3) is 21.9 Å². The highest BCUT2D eigenvalue weighted by molar-refractivity contribution is 7.00. The van der Waals surface area contributed by atoms with Crippen molar-refractivity contribution in [2.45, 2.75) is 12.8 Å². The number of hydrogen-bond donors (Lipinski definition) is 2. The number of nitrogens with zero attached hydrogens (tertiary/aromatic N) is 3. The van der Waals surface area contributed by atoms with E-state index in [0.717, 1.165) is 28.1 Å². The molecule has 0 saturated heterocycles. The maximum Gasteiger partial charge on any atom is 0.251 e. The van der Waals surface area contributed by atoms with Crippen molar-refractivity contribution < 1.29 is 9.59 Å². The summed E-state index contributed by atoms with van der Waals surface area (Å²) in [4.78, 5) is 28.8. The molecular weight excluding hydrogens is 374 g/mol. The van der Waals surface area contributed by atoms with Crippen molar-refractivity contribution in [1.82, 2.24) is 19.0 Å². The number of nitrogens with one attached hydrogen (secondary N) is 2. The van der Waals surface area contributed by atoms with E-state index in [1.165, 1.54) is 0 Å². The predicted molar refractivity (Wildman–Crippen MR) is 109 cm³/mol. The van der Waals surface area contributed by atoms with Gasteiger partial charge in [-0.3, -0.25) is 14.6 Å². The molecule has 0 unspecified atom stereocenters. The van der Waals surface area contributed by atoms with Gasteiger partial charge in [0, 0.05) is 30.1 Å². The Labute approximate surface area is 165 Å². The Kier molecular flexibility index (Phi) is 5.20. The first-order valence-corrected chi connectivity index (χ1v) is 9.58. The summed E-state index contributed by atoms with van der Waals surface area (Å²) in [5.41, 5.74) is 3.48. The van der Waals surface area contributed by atoms with Gasteiger partial charge in [-0.05, 0) is 36.8 Å². The van der Waals surface area contributed by atoms with Crippen molar-refractivity contribution in [3.05, 3.63) is 60.3 Å². The van der Waals surface area contributed by atoms with E-state index in [0.29, 0.717) is 36.2 Å². The molecule has 4 rings (SSSR count). The number of amides is 2. The van der Waals surface area contributed by atoms with Gasteiger partial charge in [-0.2, -0.15) is 8.75 Å². The Bertz CT molecular complexity index is 1150. The summed E-state index contributed by atoms with van der Waals surface area (Å²) in [7, 11) is 0. The van der Waals surface area contributed by atoms with Crippen LogP contribution in [0.2, 0.25) is 0 Å². The van der Waals surface area contributed by atoms with Crippen LogP contribution in [0.15, 0.2) is 54.7 Å². The van der Waals surface area contributed by atoms with Crippen molar-refractivity contribution in [3.63, 3.8) is 0 Å². The predicted octanol–water partition coefficient (Wildman–Crippen LogP) is 3.39. The molecule has 0 fully saturated rings. The first-order chi connectivity index (χ1) is 13.7. The second-order valence-corrected chi connectivity index (χ2v) is 6.78. The number of pyridine rings is 1. The van der Waals surface area contributed by atoms with Crippen LogP contribution in [0, 0.1) is 0 Å². The van der Waals surface area contributed by atoms with Gasteiger partial charge in [0.15, 0.2) is 0 Å². The van der Waals surface area contributed by atoms with E-state index in [9.17, 15) is 9.59 Å². The minimum atomic E-state index is -0.187. The molecule has 2 N–H and O–H groups in total.